The first kappa shape index (κ1) is 22.5. The number of anilines is 1. The first-order chi connectivity index (χ1) is 14.8. The van der Waals surface area contributed by atoms with Crippen molar-refractivity contribution in [1.29, 1.82) is 0 Å². The molecule has 3 aromatic rings. The molecule has 0 aromatic heterocycles. The van der Waals surface area contributed by atoms with E-state index >= 15 is 0 Å². The maximum atomic E-state index is 12.5. The molecule has 8 heteroatoms. The third-order valence-electron chi connectivity index (χ3n) is 4.85. The van der Waals surface area contributed by atoms with E-state index in [1.165, 1.54) is 26.1 Å². The molecule has 1 amide bonds. The molecular weight excluding hydrogens is 416 g/mol. The molecule has 162 valence electrons. The van der Waals surface area contributed by atoms with Crippen LogP contribution in [-0.2, 0) is 30.8 Å². The number of benzene rings is 3. The van der Waals surface area contributed by atoms with Gasteiger partial charge in [0.1, 0.15) is 0 Å². The Morgan fingerprint density at radius 3 is 2.35 bits per heavy atom. The van der Waals surface area contributed by atoms with E-state index < -0.39 is 28.0 Å². The molecule has 0 aliphatic heterocycles. The fraction of sp³-hybridized carbons (Fsp3) is 0.217. The van der Waals surface area contributed by atoms with Crippen LogP contribution in [0.5, 0.6) is 0 Å². The van der Waals surface area contributed by atoms with Crippen LogP contribution in [0.25, 0.3) is 10.8 Å². The highest BCUT2D eigenvalue weighted by atomic mass is 32.2. The van der Waals surface area contributed by atoms with Gasteiger partial charge in [-0.25, -0.2) is 13.1 Å². The number of sulfonamides is 1. The third-order valence-corrected chi connectivity index (χ3v) is 6.28. The average molecular weight is 441 g/mol. The summed E-state index contributed by atoms with van der Waals surface area (Å²) >= 11 is 0. The lowest BCUT2D eigenvalue weighted by atomic mass is 10.1. The van der Waals surface area contributed by atoms with Crippen molar-refractivity contribution in [3.63, 3.8) is 0 Å². The highest BCUT2D eigenvalue weighted by Crippen LogP contribution is 2.23. The Hall–Kier alpha value is -3.23. The molecule has 0 heterocycles. The number of hydrogen-bond acceptors (Lipinski definition) is 5. The average Bonchev–Trinajstić information content (AvgIpc) is 2.78. The molecule has 0 aliphatic rings. The minimum absolute atomic E-state index is 0.0734. The van der Waals surface area contributed by atoms with Gasteiger partial charge in [0.15, 0.2) is 6.10 Å². The predicted molar refractivity (Wildman–Crippen MR) is 119 cm³/mol. The summed E-state index contributed by atoms with van der Waals surface area (Å²) in [6.45, 7) is 1.52. The van der Waals surface area contributed by atoms with E-state index in [-0.39, 0.29) is 11.3 Å². The minimum atomic E-state index is -3.50. The number of amides is 1. The molecular formula is C23H24N2O5S. The summed E-state index contributed by atoms with van der Waals surface area (Å²) < 4.78 is 31.0. The van der Waals surface area contributed by atoms with Crippen LogP contribution in [0.2, 0.25) is 0 Å². The summed E-state index contributed by atoms with van der Waals surface area (Å²) in [7, 11) is -2.15. The van der Waals surface area contributed by atoms with Gasteiger partial charge in [-0.3, -0.25) is 9.59 Å². The van der Waals surface area contributed by atoms with Crippen LogP contribution in [0, 0.1) is 0 Å². The van der Waals surface area contributed by atoms with Crippen molar-refractivity contribution < 1.29 is 22.7 Å². The number of esters is 1. The molecule has 1 unspecified atom stereocenters. The summed E-state index contributed by atoms with van der Waals surface area (Å²) in [6, 6.07) is 19.5. The Labute approximate surface area is 181 Å². The third kappa shape index (κ3) is 5.68. The Kier molecular flexibility index (Phi) is 7.04. The predicted octanol–water partition coefficient (Wildman–Crippen LogP) is 3.25. The van der Waals surface area contributed by atoms with Crippen molar-refractivity contribution in [3.05, 3.63) is 72.3 Å². The van der Waals surface area contributed by atoms with Crippen LogP contribution in [0.1, 0.15) is 18.9 Å². The van der Waals surface area contributed by atoms with Crippen LogP contribution < -0.4 is 10.0 Å². The van der Waals surface area contributed by atoms with Gasteiger partial charge >= 0.3 is 5.97 Å². The second-order valence-electron chi connectivity index (χ2n) is 7.00. The highest BCUT2D eigenvalue weighted by Gasteiger charge is 2.19. The van der Waals surface area contributed by atoms with Crippen LogP contribution >= 0.6 is 0 Å². The van der Waals surface area contributed by atoms with Gasteiger partial charge in [0.2, 0.25) is 10.0 Å². The van der Waals surface area contributed by atoms with E-state index in [0.29, 0.717) is 12.1 Å². The van der Waals surface area contributed by atoms with Crippen LogP contribution in [-0.4, -0.2) is 33.4 Å². The molecule has 0 fully saturated rings. The van der Waals surface area contributed by atoms with E-state index in [9.17, 15) is 18.0 Å². The number of aryl methyl sites for hydroxylation is 1. The second-order valence-corrected chi connectivity index (χ2v) is 8.89. The van der Waals surface area contributed by atoms with Crippen LogP contribution in [0.15, 0.2) is 71.6 Å². The van der Waals surface area contributed by atoms with Gasteiger partial charge in [-0.15, -0.1) is 0 Å². The van der Waals surface area contributed by atoms with Gasteiger partial charge < -0.3 is 10.1 Å². The van der Waals surface area contributed by atoms with Crippen molar-refractivity contribution >= 4 is 38.4 Å². The number of carbonyl (C=O) groups excluding carboxylic acids is 2. The lowest BCUT2D eigenvalue weighted by Gasteiger charge is -2.15. The van der Waals surface area contributed by atoms with Crippen molar-refractivity contribution in [3.8, 4) is 0 Å². The number of nitrogens with one attached hydrogen (secondary N) is 2. The summed E-state index contributed by atoms with van der Waals surface area (Å²) in [5.41, 5.74) is 1.45. The van der Waals surface area contributed by atoms with E-state index in [4.69, 9.17) is 4.74 Å². The zero-order valence-corrected chi connectivity index (χ0v) is 18.1. The topological polar surface area (TPSA) is 102 Å². The van der Waals surface area contributed by atoms with Crippen molar-refractivity contribution in [2.45, 2.75) is 30.8 Å². The number of ether oxygens (including phenoxy) is 1. The molecule has 1 atom stereocenters. The molecule has 0 saturated heterocycles. The van der Waals surface area contributed by atoms with Crippen molar-refractivity contribution in [1.82, 2.24) is 4.72 Å². The molecule has 7 nitrogen and oxygen atoms in total. The fourth-order valence-electron chi connectivity index (χ4n) is 3.08. The summed E-state index contributed by atoms with van der Waals surface area (Å²) in [4.78, 5) is 24.8. The molecule has 2 N–H and O–H groups in total. The Balaban J connectivity index is 1.53. The standard InChI is InChI=1S/C23H24N2O5S/c1-16(23(27)25-21-9-5-7-18-6-3-4-8-20(18)21)30-22(26)15-12-17-10-13-19(14-11-17)31(28,29)24-2/h3-11,13-14,16,24H,12,15H2,1-2H3,(H,25,27). The van der Waals surface area contributed by atoms with Crippen LogP contribution in [0.3, 0.4) is 0 Å². The smallest absolute Gasteiger partial charge is 0.306 e. The number of carbonyl (C=O) groups is 2. The lowest BCUT2D eigenvalue weighted by molar-refractivity contribution is -0.153. The van der Waals surface area contributed by atoms with E-state index in [2.05, 4.69) is 10.0 Å². The molecule has 0 radical (unpaired) electrons. The first-order valence-corrected chi connectivity index (χ1v) is 11.3. The number of rotatable bonds is 8. The molecule has 0 spiro atoms. The molecule has 31 heavy (non-hydrogen) atoms. The maximum absolute atomic E-state index is 12.5. The fourth-order valence-corrected chi connectivity index (χ4v) is 3.81. The maximum Gasteiger partial charge on any atom is 0.306 e. The van der Waals surface area contributed by atoms with Gasteiger partial charge in [0.25, 0.3) is 5.91 Å². The molecule has 3 aromatic carbocycles. The highest BCUT2D eigenvalue weighted by molar-refractivity contribution is 7.89. The minimum Gasteiger partial charge on any atom is -0.453 e. The number of fused-ring (bicyclic) bond motifs is 1. The van der Waals surface area contributed by atoms with E-state index in [0.717, 1.165) is 16.3 Å². The summed E-state index contributed by atoms with van der Waals surface area (Å²) in [5, 5.41) is 4.71. The largest absolute Gasteiger partial charge is 0.453 e. The van der Waals surface area contributed by atoms with E-state index in [1.807, 2.05) is 36.4 Å². The molecule has 0 aliphatic carbocycles. The summed E-state index contributed by atoms with van der Waals surface area (Å²) in [5.74, 6) is -0.918. The Morgan fingerprint density at radius 1 is 0.968 bits per heavy atom. The van der Waals surface area contributed by atoms with Gasteiger partial charge in [-0.05, 0) is 49.5 Å². The van der Waals surface area contributed by atoms with Crippen molar-refractivity contribution in [2.75, 3.05) is 12.4 Å². The zero-order chi connectivity index (χ0) is 22.4. The first-order valence-electron chi connectivity index (χ1n) is 9.81. The van der Waals surface area contributed by atoms with Crippen molar-refractivity contribution in [2.24, 2.45) is 0 Å². The van der Waals surface area contributed by atoms with Gasteiger partial charge in [0, 0.05) is 17.5 Å². The lowest BCUT2D eigenvalue weighted by Crippen LogP contribution is -2.30. The van der Waals surface area contributed by atoms with Gasteiger partial charge in [0.05, 0.1) is 4.90 Å². The van der Waals surface area contributed by atoms with Crippen LogP contribution in [0.4, 0.5) is 5.69 Å². The van der Waals surface area contributed by atoms with Gasteiger partial charge in [-0.2, -0.15) is 0 Å². The monoisotopic (exact) mass is 440 g/mol. The molecule has 3 rings (SSSR count). The SMILES string of the molecule is CNS(=O)(=O)c1ccc(CCC(=O)OC(C)C(=O)Nc2cccc3ccccc23)cc1. The quantitative estimate of drug-likeness (QED) is 0.524. The Morgan fingerprint density at radius 2 is 1.65 bits per heavy atom. The second kappa shape index (κ2) is 9.72. The normalized spacial score (nSPS) is 12.3. The molecule has 0 bridgehead atoms. The zero-order valence-electron chi connectivity index (χ0n) is 17.3. The number of hydrogen-bond donors (Lipinski definition) is 2. The molecule has 0 saturated carbocycles. The van der Waals surface area contributed by atoms with Gasteiger partial charge in [-0.1, -0.05) is 48.5 Å². The van der Waals surface area contributed by atoms with E-state index in [1.54, 1.807) is 18.2 Å². The Bertz CT molecular complexity index is 1180. The summed E-state index contributed by atoms with van der Waals surface area (Å²) in [6.07, 6.45) is -0.505.